The molecule has 1 heterocycles. The third-order valence-electron chi connectivity index (χ3n) is 4.55. The van der Waals surface area contributed by atoms with Crippen molar-refractivity contribution in [2.75, 3.05) is 21.3 Å². The smallest absolute Gasteiger partial charge is 0.246 e. The van der Waals surface area contributed by atoms with Crippen molar-refractivity contribution in [3.63, 3.8) is 0 Å². The summed E-state index contributed by atoms with van der Waals surface area (Å²) in [5.41, 5.74) is 2.30. The summed E-state index contributed by atoms with van der Waals surface area (Å²) >= 11 is 5.90. The number of amides is 1. The standard InChI is InChI=1S/C24H22ClN7O/c1-16(21(33)27-20-14-12-17(25)13-15-20)26-22-30-23(28-18-8-4-2-5-9-18)32-24(31-22)29-19-10-6-3-7-11-19/h2-16H,1H3,(H,27,33)(H3,26,28,29,30,31,32)/t16-/m0/s1. The molecule has 0 fully saturated rings. The summed E-state index contributed by atoms with van der Waals surface area (Å²) in [5, 5.41) is 12.8. The topological polar surface area (TPSA) is 104 Å². The van der Waals surface area contributed by atoms with Crippen LogP contribution < -0.4 is 21.3 Å². The van der Waals surface area contributed by atoms with E-state index in [4.69, 9.17) is 11.6 Å². The monoisotopic (exact) mass is 459 g/mol. The lowest BCUT2D eigenvalue weighted by atomic mass is 10.2. The molecule has 166 valence electrons. The molecule has 9 heteroatoms. The minimum absolute atomic E-state index is 0.243. The van der Waals surface area contributed by atoms with Gasteiger partial charge in [-0.3, -0.25) is 4.79 Å². The van der Waals surface area contributed by atoms with Crippen LogP contribution in [-0.2, 0) is 4.79 Å². The van der Waals surface area contributed by atoms with Crippen LogP contribution in [0.5, 0.6) is 0 Å². The fraction of sp³-hybridized carbons (Fsp3) is 0.0833. The van der Waals surface area contributed by atoms with Gasteiger partial charge in [-0.25, -0.2) is 0 Å². The first-order valence-electron chi connectivity index (χ1n) is 10.3. The van der Waals surface area contributed by atoms with E-state index >= 15 is 0 Å². The highest BCUT2D eigenvalue weighted by atomic mass is 35.5. The number of hydrogen-bond acceptors (Lipinski definition) is 7. The molecule has 0 aliphatic carbocycles. The van der Waals surface area contributed by atoms with Crippen LogP contribution in [0.2, 0.25) is 5.02 Å². The molecule has 1 aromatic heterocycles. The quantitative estimate of drug-likeness (QED) is 0.277. The summed E-state index contributed by atoms with van der Waals surface area (Å²) in [6.45, 7) is 1.73. The average molecular weight is 460 g/mol. The van der Waals surface area contributed by atoms with Crippen molar-refractivity contribution in [3.05, 3.63) is 90.0 Å². The number of carbonyl (C=O) groups is 1. The number of hydrogen-bond donors (Lipinski definition) is 4. The first kappa shape index (κ1) is 22.0. The Bertz CT molecular complexity index is 1140. The van der Waals surface area contributed by atoms with Gasteiger partial charge in [0.1, 0.15) is 6.04 Å². The van der Waals surface area contributed by atoms with E-state index in [1.807, 2.05) is 60.7 Å². The van der Waals surface area contributed by atoms with Crippen LogP contribution in [0.3, 0.4) is 0 Å². The van der Waals surface area contributed by atoms with E-state index in [9.17, 15) is 4.79 Å². The lowest BCUT2D eigenvalue weighted by Crippen LogP contribution is -2.32. The summed E-state index contributed by atoms with van der Waals surface area (Å²) in [4.78, 5) is 26.0. The van der Waals surface area contributed by atoms with Crippen LogP contribution in [0.1, 0.15) is 6.92 Å². The van der Waals surface area contributed by atoms with Crippen molar-refractivity contribution in [1.82, 2.24) is 15.0 Å². The van der Waals surface area contributed by atoms with Gasteiger partial charge in [-0.05, 0) is 55.5 Å². The van der Waals surface area contributed by atoms with E-state index in [1.54, 1.807) is 31.2 Å². The van der Waals surface area contributed by atoms with Gasteiger partial charge in [-0.15, -0.1) is 0 Å². The van der Waals surface area contributed by atoms with Crippen LogP contribution >= 0.6 is 11.6 Å². The third-order valence-corrected chi connectivity index (χ3v) is 4.80. The molecule has 0 spiro atoms. The Kier molecular flexibility index (Phi) is 6.96. The minimum atomic E-state index is -0.614. The summed E-state index contributed by atoms with van der Waals surface area (Å²) < 4.78 is 0. The molecule has 0 bridgehead atoms. The van der Waals surface area contributed by atoms with E-state index in [0.717, 1.165) is 11.4 Å². The fourth-order valence-corrected chi connectivity index (χ4v) is 3.02. The highest BCUT2D eigenvalue weighted by Crippen LogP contribution is 2.19. The minimum Gasteiger partial charge on any atom is -0.342 e. The first-order chi connectivity index (χ1) is 16.0. The van der Waals surface area contributed by atoms with E-state index < -0.39 is 6.04 Å². The van der Waals surface area contributed by atoms with E-state index in [-0.39, 0.29) is 11.9 Å². The number of para-hydroxylation sites is 2. The number of nitrogens with zero attached hydrogens (tertiary/aromatic N) is 3. The second-order valence-corrected chi connectivity index (χ2v) is 7.59. The number of nitrogens with one attached hydrogen (secondary N) is 4. The van der Waals surface area contributed by atoms with Crippen LogP contribution in [0.15, 0.2) is 84.9 Å². The molecule has 0 radical (unpaired) electrons. The Balaban J connectivity index is 1.53. The molecular formula is C24H22ClN7O. The first-order valence-corrected chi connectivity index (χ1v) is 10.7. The Morgan fingerprint density at radius 3 is 1.70 bits per heavy atom. The Hall–Kier alpha value is -4.17. The molecule has 0 saturated heterocycles. The Morgan fingerprint density at radius 1 is 0.697 bits per heavy atom. The van der Waals surface area contributed by atoms with Gasteiger partial charge in [-0.2, -0.15) is 15.0 Å². The van der Waals surface area contributed by atoms with E-state index in [1.165, 1.54) is 0 Å². The van der Waals surface area contributed by atoms with Gasteiger partial charge < -0.3 is 21.3 Å². The third kappa shape index (κ3) is 6.41. The van der Waals surface area contributed by atoms with Gasteiger partial charge >= 0.3 is 0 Å². The molecular weight excluding hydrogens is 438 g/mol. The number of aromatic nitrogens is 3. The maximum Gasteiger partial charge on any atom is 0.246 e. The van der Waals surface area contributed by atoms with Crippen molar-refractivity contribution in [2.24, 2.45) is 0 Å². The molecule has 0 unspecified atom stereocenters. The molecule has 8 nitrogen and oxygen atoms in total. The number of rotatable bonds is 8. The molecule has 0 saturated carbocycles. The normalized spacial score (nSPS) is 11.3. The van der Waals surface area contributed by atoms with Gasteiger partial charge in [0, 0.05) is 22.1 Å². The second-order valence-electron chi connectivity index (χ2n) is 7.15. The zero-order chi connectivity index (χ0) is 23.0. The molecule has 0 aliphatic rings. The molecule has 4 aromatic rings. The highest BCUT2D eigenvalue weighted by Gasteiger charge is 2.16. The molecule has 3 aromatic carbocycles. The van der Waals surface area contributed by atoms with Gasteiger partial charge in [0.05, 0.1) is 0 Å². The van der Waals surface area contributed by atoms with Crippen molar-refractivity contribution in [3.8, 4) is 0 Å². The SMILES string of the molecule is C[C@H](Nc1nc(Nc2ccccc2)nc(Nc2ccccc2)n1)C(=O)Nc1ccc(Cl)cc1. The van der Waals surface area contributed by atoms with Crippen LogP contribution in [-0.4, -0.2) is 26.9 Å². The largest absolute Gasteiger partial charge is 0.342 e. The van der Waals surface area contributed by atoms with Crippen molar-refractivity contribution >= 4 is 52.4 Å². The van der Waals surface area contributed by atoms with E-state index in [0.29, 0.717) is 22.6 Å². The molecule has 4 rings (SSSR count). The van der Waals surface area contributed by atoms with Gasteiger partial charge in [-0.1, -0.05) is 48.0 Å². The van der Waals surface area contributed by atoms with Crippen LogP contribution in [0, 0.1) is 0 Å². The summed E-state index contributed by atoms with van der Waals surface area (Å²) in [6.07, 6.45) is 0. The summed E-state index contributed by atoms with van der Waals surface area (Å²) in [6, 6.07) is 25.4. The molecule has 1 atom stereocenters. The predicted octanol–water partition coefficient (Wildman–Crippen LogP) is 5.45. The highest BCUT2D eigenvalue weighted by molar-refractivity contribution is 6.30. The van der Waals surface area contributed by atoms with Crippen molar-refractivity contribution in [1.29, 1.82) is 0 Å². The number of benzene rings is 3. The zero-order valence-electron chi connectivity index (χ0n) is 17.8. The van der Waals surface area contributed by atoms with Crippen LogP contribution in [0.25, 0.3) is 0 Å². The molecule has 0 aliphatic heterocycles. The van der Waals surface area contributed by atoms with Crippen molar-refractivity contribution in [2.45, 2.75) is 13.0 Å². The fourth-order valence-electron chi connectivity index (χ4n) is 2.90. The molecule has 33 heavy (non-hydrogen) atoms. The number of halogens is 1. The van der Waals surface area contributed by atoms with Gasteiger partial charge in [0.25, 0.3) is 0 Å². The van der Waals surface area contributed by atoms with Crippen LogP contribution in [0.4, 0.5) is 34.9 Å². The van der Waals surface area contributed by atoms with E-state index in [2.05, 4.69) is 36.2 Å². The molecule has 4 N–H and O–H groups in total. The zero-order valence-corrected chi connectivity index (χ0v) is 18.5. The Labute approximate surface area is 196 Å². The predicted molar refractivity (Wildman–Crippen MR) is 132 cm³/mol. The van der Waals surface area contributed by atoms with Crippen molar-refractivity contribution < 1.29 is 4.79 Å². The molecule has 1 amide bonds. The summed E-state index contributed by atoms with van der Waals surface area (Å²) in [5.74, 6) is 0.679. The average Bonchev–Trinajstić information content (AvgIpc) is 2.82. The number of anilines is 6. The maximum absolute atomic E-state index is 12.6. The lowest BCUT2D eigenvalue weighted by Gasteiger charge is -2.16. The summed E-state index contributed by atoms with van der Waals surface area (Å²) in [7, 11) is 0. The lowest BCUT2D eigenvalue weighted by molar-refractivity contribution is -0.116. The second kappa shape index (κ2) is 10.4. The maximum atomic E-state index is 12.6. The van der Waals surface area contributed by atoms with Gasteiger partial charge in [0.15, 0.2) is 0 Å². The number of carbonyl (C=O) groups excluding carboxylic acids is 1. The van der Waals surface area contributed by atoms with Gasteiger partial charge in [0.2, 0.25) is 23.8 Å². The Morgan fingerprint density at radius 2 is 1.18 bits per heavy atom.